The number of guanidine groups is 3. The third kappa shape index (κ3) is 22.0. The summed E-state index contributed by atoms with van der Waals surface area (Å²) in [6.07, 6.45) is 2.17. The molecule has 3 rings (SSSR count). The molecule has 416 valence electrons. The number of benzene rings is 2. The monoisotopic (exact) mass is 1100 g/mol. The second-order valence-electron chi connectivity index (χ2n) is 17.6. The van der Waals surface area contributed by atoms with E-state index in [4.69, 9.17) is 39.2 Å². The normalized spacial score (nSPS) is 14.1. The number of aromatic nitrogens is 1. The van der Waals surface area contributed by atoms with Crippen LogP contribution in [-0.4, -0.2) is 155 Å². The molecule has 29 heteroatoms. The first kappa shape index (κ1) is 62.5. The first-order chi connectivity index (χ1) is 36.1. The molecule has 0 saturated carbocycles. The van der Waals surface area contributed by atoms with Crippen LogP contribution in [0.5, 0.6) is 0 Å². The maximum Gasteiger partial charge on any atom is 0.327 e. The fourth-order valence-corrected chi connectivity index (χ4v) is 7.99. The van der Waals surface area contributed by atoms with Gasteiger partial charge in [-0.25, -0.2) is 4.79 Å². The van der Waals surface area contributed by atoms with E-state index in [1.807, 2.05) is 6.07 Å². The Hall–Kier alpha value is -7.79. The summed E-state index contributed by atoms with van der Waals surface area (Å²) in [5.74, 6) is -8.42. The largest absolute Gasteiger partial charge is 0.480 e. The molecule has 0 saturated heterocycles. The van der Waals surface area contributed by atoms with Gasteiger partial charge < -0.3 is 86.2 Å². The van der Waals surface area contributed by atoms with Gasteiger partial charge in [-0.15, -0.1) is 0 Å². The lowest BCUT2D eigenvalue weighted by molar-refractivity contribution is -0.141. The fourth-order valence-electron chi connectivity index (χ4n) is 7.48. The Labute approximate surface area is 450 Å². The molecule has 0 aliphatic heterocycles. The van der Waals surface area contributed by atoms with E-state index in [2.05, 4.69) is 83.4 Å². The Morgan fingerprint density at radius 3 is 1.47 bits per heavy atom. The molecule has 0 aliphatic rings. The number of amides is 7. The number of thiol groups is 2. The summed E-state index contributed by atoms with van der Waals surface area (Å²) in [5.41, 5.74) is 24.2. The lowest BCUT2D eigenvalue weighted by Gasteiger charge is -2.27. The molecule has 2 aromatic carbocycles. The summed E-state index contributed by atoms with van der Waals surface area (Å²) >= 11 is 8.24. The lowest BCUT2D eigenvalue weighted by Crippen LogP contribution is -2.60. The Balaban J connectivity index is 1.91. The maximum atomic E-state index is 14.6. The van der Waals surface area contributed by atoms with E-state index < -0.39 is 95.7 Å². The number of H-pyrrole nitrogens is 1. The van der Waals surface area contributed by atoms with Crippen molar-refractivity contribution in [1.29, 1.82) is 16.2 Å². The van der Waals surface area contributed by atoms with Gasteiger partial charge in [0.15, 0.2) is 17.9 Å². The van der Waals surface area contributed by atoms with E-state index in [0.717, 1.165) is 10.9 Å². The number of carboxylic acids is 1. The van der Waals surface area contributed by atoms with Crippen LogP contribution in [-0.2, 0) is 51.2 Å². The number of rotatable bonds is 33. The molecule has 0 fully saturated rings. The van der Waals surface area contributed by atoms with E-state index in [1.165, 1.54) is 6.92 Å². The Morgan fingerprint density at radius 1 is 0.539 bits per heavy atom. The molecule has 76 heavy (non-hydrogen) atoms. The van der Waals surface area contributed by atoms with Gasteiger partial charge in [0.05, 0.1) is 6.04 Å². The average Bonchev–Trinajstić information content (AvgIpc) is 3.79. The molecule has 0 radical (unpaired) electrons. The van der Waals surface area contributed by atoms with Crippen LogP contribution < -0.4 is 76.1 Å². The van der Waals surface area contributed by atoms with E-state index in [0.29, 0.717) is 24.1 Å². The molecule has 1 heterocycles. The molecule has 1 aromatic heterocycles. The van der Waals surface area contributed by atoms with E-state index in [9.17, 15) is 43.5 Å². The van der Waals surface area contributed by atoms with Gasteiger partial charge in [-0.3, -0.25) is 49.8 Å². The van der Waals surface area contributed by atoms with Crippen LogP contribution in [0.15, 0.2) is 60.8 Å². The van der Waals surface area contributed by atoms with Crippen LogP contribution >= 0.6 is 25.3 Å². The highest BCUT2D eigenvalue weighted by Gasteiger charge is 2.34. The second-order valence-corrected chi connectivity index (χ2v) is 18.3. The van der Waals surface area contributed by atoms with Crippen molar-refractivity contribution in [3.63, 3.8) is 0 Å². The van der Waals surface area contributed by atoms with Gasteiger partial charge in [0.2, 0.25) is 41.4 Å². The molecule has 0 spiro atoms. The Morgan fingerprint density at radius 2 is 0.961 bits per heavy atom. The van der Waals surface area contributed by atoms with Gasteiger partial charge in [0.25, 0.3) is 0 Å². The highest BCUT2D eigenvalue weighted by atomic mass is 32.1. The fraction of sp³-hybridized carbons (Fsp3) is 0.468. The minimum Gasteiger partial charge on any atom is -0.480 e. The topological polar surface area (TPSA) is 469 Å². The minimum atomic E-state index is -1.42. The SMILES string of the molecule is C[C@@H](NC(=O)[C@H](CS)NC(=O)[C@@H](N)CCCNC(=N)N)C(=O)N[C@@H](CCCNC(=N)N)C(=O)N[C@H](Cc1ccccc1)C(=O)N[C@@H](CCCNC(=N)N)C(=O)N[C@@H](Cc1c[nH]c2ccccc12)C(=O)N[C@@H](CS)C(=O)O. The number of hydrogen-bond donors (Lipinski definition) is 21. The van der Waals surface area contributed by atoms with Gasteiger partial charge in [-0.2, -0.15) is 25.3 Å². The minimum absolute atomic E-state index is 0.0721. The highest BCUT2D eigenvalue weighted by molar-refractivity contribution is 7.80. The van der Waals surface area contributed by atoms with E-state index in [-0.39, 0.29) is 87.4 Å². The van der Waals surface area contributed by atoms with Crippen LogP contribution in [0.4, 0.5) is 0 Å². The van der Waals surface area contributed by atoms with Crippen LogP contribution in [0.3, 0.4) is 0 Å². The van der Waals surface area contributed by atoms with Gasteiger partial charge >= 0.3 is 5.97 Å². The summed E-state index contributed by atoms with van der Waals surface area (Å²) in [4.78, 5) is 112. The molecule has 27 nitrogen and oxygen atoms in total. The van der Waals surface area contributed by atoms with E-state index in [1.54, 1.807) is 54.7 Å². The van der Waals surface area contributed by atoms with Crippen LogP contribution in [0.25, 0.3) is 10.9 Å². The zero-order chi connectivity index (χ0) is 56.3. The zero-order valence-electron chi connectivity index (χ0n) is 42.0. The molecule has 3 aromatic rings. The predicted molar refractivity (Wildman–Crippen MR) is 292 cm³/mol. The van der Waals surface area contributed by atoms with E-state index >= 15 is 0 Å². The smallest absolute Gasteiger partial charge is 0.327 e. The third-order valence-electron chi connectivity index (χ3n) is 11.6. The number of para-hydroxylation sites is 1. The first-order valence-corrected chi connectivity index (χ1v) is 25.6. The number of aromatic amines is 1. The van der Waals surface area contributed by atoms with Crippen molar-refractivity contribution in [3.05, 3.63) is 71.9 Å². The first-order valence-electron chi connectivity index (χ1n) is 24.3. The zero-order valence-corrected chi connectivity index (χ0v) is 43.8. The van der Waals surface area contributed by atoms with Gasteiger partial charge in [0, 0.05) is 61.1 Å². The van der Waals surface area contributed by atoms with Crippen molar-refractivity contribution in [2.75, 3.05) is 31.1 Å². The quantitative estimate of drug-likeness (QED) is 0.0121. The van der Waals surface area contributed by atoms with Gasteiger partial charge in [-0.1, -0.05) is 48.5 Å². The van der Waals surface area contributed by atoms with Crippen molar-refractivity contribution in [2.45, 2.75) is 107 Å². The van der Waals surface area contributed by atoms with Crippen molar-refractivity contribution in [2.24, 2.45) is 22.9 Å². The summed E-state index contributed by atoms with van der Waals surface area (Å²) in [6.45, 7) is 1.84. The Bertz CT molecular complexity index is 2480. The molecule has 0 unspecified atom stereocenters. The highest BCUT2D eigenvalue weighted by Crippen LogP contribution is 2.20. The van der Waals surface area contributed by atoms with Crippen molar-refractivity contribution in [1.82, 2.24) is 58.2 Å². The third-order valence-corrected chi connectivity index (χ3v) is 12.3. The average molecular weight is 1100 g/mol. The molecular weight excluding hydrogens is 1020 g/mol. The van der Waals surface area contributed by atoms with Crippen molar-refractivity contribution >= 4 is 101 Å². The summed E-state index contributed by atoms with van der Waals surface area (Å²) in [6, 6.07) is 5.27. The molecule has 8 atom stereocenters. The number of carbonyl (C=O) groups is 8. The Kier molecular flexibility index (Phi) is 26.7. The predicted octanol–water partition coefficient (Wildman–Crippen LogP) is -3.57. The standard InChI is InChI=1S/C47H72N18O9S2/c1-25(59-43(72)35(23-75)64-38(67)29(48)13-7-17-55-45(49)50)37(66)60-31(15-8-18-56-46(51)52)39(68)62-33(20-26-10-3-2-4-11-26)41(70)61-32(16-9-19-57-47(53)54)40(69)63-34(42(71)65-36(24-76)44(73)74)21-27-22-58-30-14-6-5-12-28(27)30/h2-6,10-12,14,22,25,29,31-36,58,75-76H,7-9,13,15-21,23-24,48H2,1H3,(H,59,72)(H,60,66)(H,61,70)(H,62,68)(H,63,69)(H,64,67)(H,65,71)(H,73,74)(H4,49,50,55)(H4,51,52,56)(H4,53,54,57)/t25-,29+,31+,32+,33-,34+,35+,36+/m1/s1. The second kappa shape index (κ2) is 32.5. The molecule has 23 N–H and O–H groups in total. The molecule has 0 bridgehead atoms. The van der Waals surface area contributed by atoms with Gasteiger partial charge in [-0.05, 0) is 62.6 Å². The summed E-state index contributed by atoms with van der Waals surface area (Å²) in [7, 11) is 0. The van der Waals surface area contributed by atoms with Crippen molar-refractivity contribution < 1.29 is 43.5 Å². The number of nitrogens with one attached hydrogen (secondary N) is 14. The summed E-state index contributed by atoms with van der Waals surface area (Å²) < 4.78 is 0. The number of hydrogen-bond acceptors (Lipinski definition) is 14. The lowest BCUT2D eigenvalue weighted by atomic mass is 10.0. The molecule has 0 aliphatic carbocycles. The molecular formula is C47H72N18O9S2. The van der Waals surface area contributed by atoms with Gasteiger partial charge in [0.1, 0.15) is 42.3 Å². The number of fused-ring (bicyclic) bond motifs is 1. The van der Waals surface area contributed by atoms with Crippen LogP contribution in [0.2, 0.25) is 0 Å². The molecule has 7 amide bonds. The number of carbonyl (C=O) groups excluding carboxylic acids is 7. The summed E-state index contributed by atoms with van der Waals surface area (Å²) in [5, 5.41) is 58.8. The number of nitrogens with two attached hydrogens (primary N) is 4. The van der Waals surface area contributed by atoms with Crippen LogP contribution in [0.1, 0.15) is 56.6 Å². The maximum absolute atomic E-state index is 14.6. The number of carboxylic acid groups (broad SMARTS) is 1. The van der Waals surface area contributed by atoms with Crippen LogP contribution in [0, 0.1) is 16.2 Å². The number of aliphatic carboxylic acids is 1. The van der Waals surface area contributed by atoms with Crippen molar-refractivity contribution in [3.8, 4) is 0 Å².